The van der Waals surface area contributed by atoms with E-state index in [2.05, 4.69) is 18.9 Å². The predicted octanol–water partition coefficient (Wildman–Crippen LogP) is 2.23. The molecular weight excluding hydrogens is 184 g/mol. The summed E-state index contributed by atoms with van der Waals surface area (Å²) < 4.78 is 0. The van der Waals surface area contributed by atoms with Gasteiger partial charge in [-0.05, 0) is 44.6 Å². The molecule has 2 aliphatic rings. The summed E-state index contributed by atoms with van der Waals surface area (Å²) in [6.07, 6.45) is 8.45. The second-order valence-corrected chi connectivity index (χ2v) is 5.73. The van der Waals surface area contributed by atoms with Gasteiger partial charge in [-0.1, -0.05) is 19.8 Å². The highest BCUT2D eigenvalue weighted by atomic mass is 15.2. The third kappa shape index (κ3) is 2.73. The zero-order valence-corrected chi connectivity index (χ0v) is 10.3. The Balaban J connectivity index is 1.91. The Kier molecular flexibility index (Phi) is 3.68. The highest BCUT2D eigenvalue weighted by molar-refractivity contribution is 4.91. The first kappa shape index (κ1) is 11.4. The fourth-order valence-corrected chi connectivity index (χ4v) is 3.27. The lowest BCUT2D eigenvalue weighted by atomic mass is 9.78. The lowest BCUT2D eigenvalue weighted by molar-refractivity contribution is 0.125. The maximum Gasteiger partial charge on any atom is 0.0246 e. The van der Waals surface area contributed by atoms with Crippen molar-refractivity contribution in [3.05, 3.63) is 0 Å². The maximum absolute atomic E-state index is 5.97. The zero-order chi connectivity index (χ0) is 10.8. The van der Waals surface area contributed by atoms with Gasteiger partial charge in [0.2, 0.25) is 0 Å². The molecule has 2 rings (SSSR count). The van der Waals surface area contributed by atoms with E-state index in [0.717, 1.165) is 24.4 Å². The van der Waals surface area contributed by atoms with E-state index in [1.807, 2.05) is 0 Å². The summed E-state index contributed by atoms with van der Waals surface area (Å²) in [5.74, 6) is 1.79. The number of hydrogen-bond donors (Lipinski definition) is 1. The average molecular weight is 210 g/mol. The first-order valence-electron chi connectivity index (χ1n) is 6.64. The van der Waals surface area contributed by atoms with Crippen LogP contribution in [0.15, 0.2) is 0 Å². The van der Waals surface area contributed by atoms with Gasteiger partial charge in [-0.25, -0.2) is 0 Å². The van der Waals surface area contributed by atoms with Crippen LogP contribution in [-0.2, 0) is 0 Å². The maximum atomic E-state index is 5.97. The molecule has 0 aromatic rings. The molecular formula is C13H26N2. The molecule has 0 spiro atoms. The quantitative estimate of drug-likeness (QED) is 0.771. The molecule has 2 heteroatoms. The minimum absolute atomic E-state index is 0.653. The van der Waals surface area contributed by atoms with Crippen molar-refractivity contribution in [1.29, 1.82) is 0 Å². The molecule has 88 valence electrons. The second-order valence-electron chi connectivity index (χ2n) is 5.73. The molecule has 0 saturated heterocycles. The molecule has 0 aromatic heterocycles. The van der Waals surface area contributed by atoms with Crippen molar-refractivity contribution in [1.82, 2.24) is 4.90 Å². The minimum atomic E-state index is 0.653. The van der Waals surface area contributed by atoms with Crippen molar-refractivity contribution in [2.24, 2.45) is 17.6 Å². The van der Waals surface area contributed by atoms with E-state index in [0.29, 0.717) is 6.04 Å². The molecule has 2 aliphatic carbocycles. The van der Waals surface area contributed by atoms with Crippen molar-refractivity contribution < 1.29 is 0 Å². The fraction of sp³-hybridized carbons (Fsp3) is 1.00. The van der Waals surface area contributed by atoms with Crippen molar-refractivity contribution >= 4 is 0 Å². The summed E-state index contributed by atoms with van der Waals surface area (Å²) in [5, 5.41) is 0. The topological polar surface area (TPSA) is 29.3 Å². The van der Waals surface area contributed by atoms with Crippen LogP contribution in [-0.4, -0.2) is 30.6 Å². The summed E-state index contributed by atoms with van der Waals surface area (Å²) in [6, 6.07) is 1.51. The van der Waals surface area contributed by atoms with Crippen LogP contribution in [0.1, 0.15) is 45.4 Å². The zero-order valence-electron chi connectivity index (χ0n) is 10.3. The van der Waals surface area contributed by atoms with Crippen molar-refractivity contribution in [3.8, 4) is 0 Å². The fourth-order valence-electron chi connectivity index (χ4n) is 3.27. The van der Waals surface area contributed by atoms with Gasteiger partial charge in [0, 0.05) is 18.6 Å². The van der Waals surface area contributed by atoms with E-state index in [-0.39, 0.29) is 0 Å². The van der Waals surface area contributed by atoms with E-state index in [1.165, 1.54) is 38.5 Å². The first-order valence-corrected chi connectivity index (χ1v) is 6.64. The Morgan fingerprint density at radius 3 is 2.53 bits per heavy atom. The summed E-state index contributed by atoms with van der Waals surface area (Å²) in [5.41, 5.74) is 5.97. The van der Waals surface area contributed by atoms with E-state index in [9.17, 15) is 0 Å². The molecule has 0 radical (unpaired) electrons. The monoisotopic (exact) mass is 210 g/mol. The van der Waals surface area contributed by atoms with Gasteiger partial charge < -0.3 is 5.73 Å². The van der Waals surface area contributed by atoms with E-state index >= 15 is 0 Å². The molecule has 2 nitrogen and oxygen atoms in total. The molecule has 2 saturated carbocycles. The molecule has 0 bridgehead atoms. The number of likely N-dealkylation sites (N-methyl/N-ethyl adjacent to an activating group) is 1. The molecule has 0 amide bonds. The van der Waals surface area contributed by atoms with E-state index < -0.39 is 0 Å². The molecule has 0 aromatic carbocycles. The first-order chi connectivity index (χ1) is 7.22. The molecule has 15 heavy (non-hydrogen) atoms. The summed E-state index contributed by atoms with van der Waals surface area (Å²) in [6.45, 7) is 3.25. The van der Waals surface area contributed by atoms with Gasteiger partial charge >= 0.3 is 0 Å². The molecule has 2 fully saturated rings. The molecule has 0 aliphatic heterocycles. The lowest BCUT2D eigenvalue weighted by Gasteiger charge is -2.38. The third-order valence-corrected chi connectivity index (χ3v) is 4.41. The normalized spacial score (nSPS) is 34.4. The average Bonchev–Trinajstić information content (AvgIpc) is 3.02. The van der Waals surface area contributed by atoms with Crippen LogP contribution in [0.25, 0.3) is 0 Å². The Bertz CT molecular complexity index is 201. The standard InChI is InChI=1S/C13H26N2/c1-10-4-3-5-11(8-10)13(9-14)15(2)12-6-7-12/h10-13H,3-9,14H2,1-2H3. The molecule has 3 unspecified atom stereocenters. The van der Waals surface area contributed by atoms with Gasteiger partial charge in [-0.2, -0.15) is 0 Å². The van der Waals surface area contributed by atoms with Crippen LogP contribution >= 0.6 is 0 Å². The van der Waals surface area contributed by atoms with Gasteiger partial charge in [-0.15, -0.1) is 0 Å². The third-order valence-electron chi connectivity index (χ3n) is 4.41. The number of rotatable bonds is 4. The molecule has 0 heterocycles. The van der Waals surface area contributed by atoms with Gasteiger partial charge in [0.15, 0.2) is 0 Å². The van der Waals surface area contributed by atoms with Crippen LogP contribution in [0, 0.1) is 11.8 Å². The SMILES string of the molecule is CC1CCCC(C(CN)N(C)C2CC2)C1. The highest BCUT2D eigenvalue weighted by Gasteiger charge is 2.35. The van der Waals surface area contributed by atoms with Gasteiger partial charge in [0.05, 0.1) is 0 Å². The Labute approximate surface area is 94.2 Å². The Morgan fingerprint density at radius 2 is 2.00 bits per heavy atom. The number of nitrogens with two attached hydrogens (primary N) is 1. The lowest BCUT2D eigenvalue weighted by Crippen LogP contribution is -2.45. The van der Waals surface area contributed by atoms with Gasteiger partial charge in [-0.3, -0.25) is 4.90 Å². The number of nitrogens with zero attached hydrogens (tertiary/aromatic N) is 1. The van der Waals surface area contributed by atoms with Crippen molar-refractivity contribution in [2.45, 2.75) is 57.5 Å². The van der Waals surface area contributed by atoms with Crippen LogP contribution < -0.4 is 5.73 Å². The molecule has 3 atom stereocenters. The largest absolute Gasteiger partial charge is 0.329 e. The summed E-state index contributed by atoms with van der Waals surface area (Å²) in [7, 11) is 2.29. The van der Waals surface area contributed by atoms with E-state index in [4.69, 9.17) is 5.73 Å². The smallest absolute Gasteiger partial charge is 0.0246 e. The van der Waals surface area contributed by atoms with Gasteiger partial charge in [0.25, 0.3) is 0 Å². The van der Waals surface area contributed by atoms with Crippen molar-refractivity contribution in [2.75, 3.05) is 13.6 Å². The minimum Gasteiger partial charge on any atom is -0.329 e. The van der Waals surface area contributed by atoms with Crippen LogP contribution in [0.3, 0.4) is 0 Å². The van der Waals surface area contributed by atoms with E-state index in [1.54, 1.807) is 0 Å². The Hall–Kier alpha value is -0.0800. The molecule has 2 N–H and O–H groups in total. The van der Waals surface area contributed by atoms with Crippen LogP contribution in [0.2, 0.25) is 0 Å². The second kappa shape index (κ2) is 4.84. The predicted molar refractivity (Wildman–Crippen MR) is 64.7 cm³/mol. The Morgan fingerprint density at radius 1 is 1.27 bits per heavy atom. The summed E-state index contributed by atoms with van der Waals surface area (Å²) in [4.78, 5) is 2.57. The highest BCUT2D eigenvalue weighted by Crippen LogP contribution is 2.35. The van der Waals surface area contributed by atoms with Crippen LogP contribution in [0.4, 0.5) is 0 Å². The van der Waals surface area contributed by atoms with Crippen molar-refractivity contribution in [3.63, 3.8) is 0 Å². The summed E-state index contributed by atoms with van der Waals surface area (Å²) >= 11 is 0. The number of hydrogen-bond acceptors (Lipinski definition) is 2. The van der Waals surface area contributed by atoms with Gasteiger partial charge in [0.1, 0.15) is 0 Å². The van der Waals surface area contributed by atoms with Crippen LogP contribution in [0.5, 0.6) is 0 Å².